The average molecular weight is 373 g/mol. The van der Waals surface area contributed by atoms with Crippen molar-refractivity contribution in [1.82, 2.24) is 4.98 Å². The molecular weight excluding hydrogens is 356 g/mol. The van der Waals surface area contributed by atoms with E-state index in [4.69, 9.17) is 11.5 Å². The van der Waals surface area contributed by atoms with E-state index in [0.717, 1.165) is 25.0 Å². The Morgan fingerprint density at radius 1 is 1.26 bits per heavy atom. The number of aromatic nitrogens is 1. The largest absolute Gasteiger partial charge is 0.396 e. The van der Waals surface area contributed by atoms with Gasteiger partial charge in [0.1, 0.15) is 22.9 Å². The zero-order chi connectivity index (χ0) is 19.7. The molecule has 0 spiro atoms. The van der Waals surface area contributed by atoms with E-state index in [0.29, 0.717) is 0 Å². The lowest BCUT2D eigenvalue weighted by molar-refractivity contribution is -0.113. The van der Waals surface area contributed by atoms with Crippen LogP contribution in [0, 0.1) is 17.6 Å². The first-order valence-electron chi connectivity index (χ1n) is 8.15. The number of hydrogen-bond donors (Lipinski definition) is 3. The second-order valence-corrected chi connectivity index (χ2v) is 6.15. The van der Waals surface area contributed by atoms with Gasteiger partial charge in [-0.05, 0) is 31.0 Å². The molecule has 27 heavy (non-hydrogen) atoms. The van der Waals surface area contributed by atoms with E-state index >= 15 is 0 Å². The highest BCUT2D eigenvalue weighted by atomic mass is 19.1. The molecule has 0 bridgehead atoms. The first-order chi connectivity index (χ1) is 12.8. The number of anilines is 3. The molecule has 140 valence electrons. The average Bonchev–Trinajstić information content (AvgIpc) is 3.47. The molecule has 1 saturated carbocycles. The van der Waals surface area contributed by atoms with Crippen molar-refractivity contribution in [2.45, 2.75) is 12.8 Å². The predicted molar refractivity (Wildman–Crippen MR) is 97.6 cm³/mol. The fourth-order valence-corrected chi connectivity index (χ4v) is 2.61. The van der Waals surface area contributed by atoms with Gasteiger partial charge in [-0.3, -0.25) is 14.6 Å². The minimum atomic E-state index is -1.16. The Morgan fingerprint density at radius 2 is 1.96 bits per heavy atom. The standard InChI is InChI=1S/C18H17F2N5O2/c1-23-15(16(26)8-2-3-8)10-6-9(7-24-17(10)22)25-18(27)13-11(19)4-5-12(21)14(13)20/h4-8H,2-3,21H2,1H3,(H2,22,24)(H,25,27)/b23-15+. The van der Waals surface area contributed by atoms with Crippen LogP contribution in [-0.4, -0.2) is 29.4 Å². The van der Waals surface area contributed by atoms with Crippen molar-refractivity contribution in [1.29, 1.82) is 0 Å². The van der Waals surface area contributed by atoms with E-state index in [1.807, 2.05) is 0 Å². The molecule has 9 heteroatoms. The van der Waals surface area contributed by atoms with Gasteiger partial charge in [0.15, 0.2) is 11.6 Å². The predicted octanol–water partition coefficient (Wildman–Crippen LogP) is 2.17. The van der Waals surface area contributed by atoms with Crippen molar-refractivity contribution < 1.29 is 18.4 Å². The molecule has 1 aliphatic carbocycles. The van der Waals surface area contributed by atoms with Gasteiger partial charge >= 0.3 is 0 Å². The van der Waals surface area contributed by atoms with Crippen LogP contribution in [0.5, 0.6) is 0 Å². The summed E-state index contributed by atoms with van der Waals surface area (Å²) >= 11 is 0. The first kappa shape index (κ1) is 18.4. The number of amides is 1. The third kappa shape index (κ3) is 3.62. The monoisotopic (exact) mass is 373 g/mol. The molecule has 7 nitrogen and oxygen atoms in total. The lowest BCUT2D eigenvalue weighted by Gasteiger charge is -2.11. The third-order valence-corrected chi connectivity index (χ3v) is 4.18. The summed E-state index contributed by atoms with van der Waals surface area (Å²) in [5, 5.41) is 2.34. The van der Waals surface area contributed by atoms with Crippen LogP contribution < -0.4 is 16.8 Å². The van der Waals surface area contributed by atoms with Gasteiger partial charge in [-0.15, -0.1) is 0 Å². The molecular formula is C18H17F2N5O2. The molecule has 0 atom stereocenters. The highest BCUT2D eigenvalue weighted by Gasteiger charge is 2.34. The maximum absolute atomic E-state index is 14.0. The fraction of sp³-hybridized carbons (Fsp3) is 0.222. The van der Waals surface area contributed by atoms with Crippen molar-refractivity contribution in [3.05, 3.63) is 47.2 Å². The number of nitrogens with one attached hydrogen (secondary N) is 1. The SMILES string of the molecule is C/N=C(/C(=O)C1CC1)c1cc(NC(=O)c2c(F)ccc(N)c2F)cnc1N. The zero-order valence-corrected chi connectivity index (χ0v) is 14.4. The molecule has 1 aromatic carbocycles. The summed E-state index contributed by atoms with van der Waals surface area (Å²) in [4.78, 5) is 32.6. The molecule has 0 aliphatic heterocycles. The summed E-state index contributed by atoms with van der Waals surface area (Å²) in [5.41, 5.74) is 10.6. The summed E-state index contributed by atoms with van der Waals surface area (Å²) in [6.07, 6.45) is 2.79. The van der Waals surface area contributed by atoms with Crippen LogP contribution in [0.3, 0.4) is 0 Å². The van der Waals surface area contributed by atoms with E-state index in [2.05, 4.69) is 15.3 Å². The Balaban J connectivity index is 1.92. The van der Waals surface area contributed by atoms with Crippen molar-refractivity contribution in [2.75, 3.05) is 23.8 Å². The lowest BCUT2D eigenvalue weighted by Crippen LogP contribution is -2.21. The second-order valence-electron chi connectivity index (χ2n) is 6.15. The van der Waals surface area contributed by atoms with Crippen LogP contribution in [0.2, 0.25) is 0 Å². The Morgan fingerprint density at radius 3 is 2.59 bits per heavy atom. The molecule has 1 fully saturated rings. The molecule has 1 amide bonds. The molecule has 1 heterocycles. The van der Waals surface area contributed by atoms with Crippen molar-refractivity contribution in [3.8, 4) is 0 Å². The van der Waals surface area contributed by atoms with Crippen LogP contribution in [0.4, 0.5) is 26.0 Å². The second kappa shape index (κ2) is 7.10. The molecule has 0 unspecified atom stereocenters. The Labute approximate surface area is 153 Å². The summed E-state index contributed by atoms with van der Waals surface area (Å²) in [6.45, 7) is 0. The zero-order valence-electron chi connectivity index (χ0n) is 14.4. The number of nitrogens with two attached hydrogens (primary N) is 2. The molecule has 1 aromatic heterocycles. The number of aliphatic imine (C=N–C) groups is 1. The first-order valence-corrected chi connectivity index (χ1v) is 8.15. The van der Waals surface area contributed by atoms with Crippen molar-refractivity contribution in [3.63, 3.8) is 0 Å². The Bertz CT molecular complexity index is 970. The van der Waals surface area contributed by atoms with Gasteiger partial charge in [0.25, 0.3) is 5.91 Å². The van der Waals surface area contributed by atoms with Crippen LogP contribution in [-0.2, 0) is 4.79 Å². The quantitative estimate of drug-likeness (QED) is 0.547. The number of pyridine rings is 1. The maximum Gasteiger partial charge on any atom is 0.261 e. The molecule has 0 saturated heterocycles. The topological polar surface area (TPSA) is 123 Å². The molecule has 3 rings (SSSR count). The summed E-state index contributed by atoms with van der Waals surface area (Å²) in [5.74, 6) is -3.43. The number of rotatable bonds is 5. The minimum absolute atomic E-state index is 0.0592. The highest BCUT2D eigenvalue weighted by molar-refractivity contribution is 6.48. The molecule has 2 aromatic rings. The van der Waals surface area contributed by atoms with Gasteiger partial charge in [-0.2, -0.15) is 0 Å². The summed E-state index contributed by atoms with van der Waals surface area (Å²) < 4.78 is 27.9. The third-order valence-electron chi connectivity index (χ3n) is 4.18. The number of benzene rings is 1. The van der Waals surface area contributed by atoms with E-state index in [1.54, 1.807) is 0 Å². The van der Waals surface area contributed by atoms with Gasteiger partial charge in [0, 0.05) is 18.5 Å². The summed E-state index contributed by atoms with van der Waals surface area (Å²) in [7, 11) is 1.46. The van der Waals surface area contributed by atoms with Crippen molar-refractivity contribution >= 4 is 34.6 Å². The van der Waals surface area contributed by atoms with E-state index < -0.39 is 23.1 Å². The number of carbonyl (C=O) groups is 2. The Hall–Kier alpha value is -3.36. The van der Waals surface area contributed by atoms with Gasteiger partial charge in [-0.1, -0.05) is 0 Å². The maximum atomic E-state index is 14.0. The minimum Gasteiger partial charge on any atom is -0.396 e. The van der Waals surface area contributed by atoms with Crippen molar-refractivity contribution in [2.24, 2.45) is 10.9 Å². The number of ketones is 1. The fourth-order valence-electron chi connectivity index (χ4n) is 2.61. The van der Waals surface area contributed by atoms with Crippen LogP contribution in [0.1, 0.15) is 28.8 Å². The van der Waals surface area contributed by atoms with Gasteiger partial charge in [0.2, 0.25) is 0 Å². The molecule has 1 aliphatic rings. The van der Waals surface area contributed by atoms with Crippen LogP contribution in [0.15, 0.2) is 29.4 Å². The van der Waals surface area contributed by atoms with Gasteiger partial charge < -0.3 is 16.8 Å². The number of halogens is 2. The number of Topliss-reactive ketones (excluding diaryl/α,β-unsaturated/α-hetero) is 1. The van der Waals surface area contributed by atoms with Gasteiger partial charge in [-0.25, -0.2) is 13.8 Å². The summed E-state index contributed by atoms with van der Waals surface area (Å²) in [6, 6.07) is 3.32. The Kier molecular flexibility index (Phi) is 4.85. The van der Waals surface area contributed by atoms with E-state index in [9.17, 15) is 18.4 Å². The van der Waals surface area contributed by atoms with Crippen LogP contribution >= 0.6 is 0 Å². The smallest absolute Gasteiger partial charge is 0.261 e. The van der Waals surface area contributed by atoms with E-state index in [-0.39, 0.29) is 40.2 Å². The normalized spacial score (nSPS) is 14.1. The number of hydrogen-bond acceptors (Lipinski definition) is 6. The number of nitrogens with zero attached hydrogens (tertiary/aromatic N) is 2. The molecule has 5 N–H and O–H groups in total. The molecule has 0 radical (unpaired) electrons. The van der Waals surface area contributed by atoms with Crippen LogP contribution in [0.25, 0.3) is 0 Å². The lowest BCUT2D eigenvalue weighted by atomic mass is 10.0. The number of nitrogen functional groups attached to an aromatic ring is 2. The number of carbonyl (C=O) groups excluding carboxylic acids is 2. The highest BCUT2D eigenvalue weighted by Crippen LogP contribution is 2.32. The van der Waals surface area contributed by atoms with E-state index in [1.165, 1.54) is 19.3 Å². The van der Waals surface area contributed by atoms with Gasteiger partial charge in [0.05, 0.1) is 17.6 Å².